The summed E-state index contributed by atoms with van der Waals surface area (Å²) >= 11 is 0. The summed E-state index contributed by atoms with van der Waals surface area (Å²) in [6, 6.07) is 0. The fourth-order valence-corrected chi connectivity index (χ4v) is 1.35. The zero-order chi connectivity index (χ0) is 11.7. The highest BCUT2D eigenvalue weighted by Gasteiger charge is 2.31. The summed E-state index contributed by atoms with van der Waals surface area (Å²) in [7, 11) is 0.152. The fraction of sp³-hybridized carbons (Fsp3) is 0.700. The van der Waals surface area contributed by atoms with Gasteiger partial charge in [0, 0.05) is 0 Å². The average Bonchev–Trinajstić information content (AvgIpc) is 2.21. The maximum absolute atomic E-state index is 11.0. The van der Waals surface area contributed by atoms with Gasteiger partial charge in [-0.1, -0.05) is 31.3 Å². The lowest BCUT2D eigenvalue weighted by Gasteiger charge is -2.23. The Labute approximate surface area is 91.4 Å². The van der Waals surface area contributed by atoms with E-state index in [9.17, 15) is 4.79 Å². The molecule has 0 saturated heterocycles. The van der Waals surface area contributed by atoms with Crippen molar-refractivity contribution in [2.24, 2.45) is 5.73 Å². The van der Waals surface area contributed by atoms with Crippen LogP contribution in [0.15, 0.2) is 12.2 Å². The average molecular weight is 213 g/mol. The van der Waals surface area contributed by atoms with E-state index in [1.165, 1.54) is 0 Å². The van der Waals surface area contributed by atoms with Crippen LogP contribution in [0.1, 0.15) is 32.6 Å². The van der Waals surface area contributed by atoms with Gasteiger partial charge in [0.1, 0.15) is 5.54 Å². The van der Waals surface area contributed by atoms with Crippen LogP contribution in [-0.2, 0) is 4.79 Å². The molecule has 0 aliphatic heterocycles. The van der Waals surface area contributed by atoms with Crippen molar-refractivity contribution >= 4 is 13.5 Å². The van der Waals surface area contributed by atoms with Gasteiger partial charge in [0.25, 0.3) is 7.48 Å². The lowest BCUT2D eigenvalue weighted by molar-refractivity contribution is -0.143. The highest BCUT2D eigenvalue weighted by molar-refractivity contribution is 6.25. The van der Waals surface area contributed by atoms with Crippen molar-refractivity contribution < 1.29 is 14.9 Å². The number of nitrogens with two attached hydrogens (primary N) is 1. The van der Waals surface area contributed by atoms with Gasteiger partial charge in [0.15, 0.2) is 0 Å². The molecule has 0 radical (unpaired) electrons. The number of carboxylic acids is 1. The van der Waals surface area contributed by atoms with E-state index in [1.807, 2.05) is 6.92 Å². The molecule has 0 heterocycles. The predicted molar refractivity (Wildman–Crippen MR) is 62.0 cm³/mol. The quantitative estimate of drug-likeness (QED) is 0.314. The molecule has 0 aromatic rings. The van der Waals surface area contributed by atoms with E-state index in [0.29, 0.717) is 19.2 Å². The Morgan fingerprint density at radius 2 is 2.20 bits per heavy atom. The van der Waals surface area contributed by atoms with E-state index in [1.54, 1.807) is 12.2 Å². The van der Waals surface area contributed by atoms with E-state index >= 15 is 0 Å². The van der Waals surface area contributed by atoms with Gasteiger partial charge in [-0.3, -0.25) is 4.79 Å². The Hall–Kier alpha value is -0.805. The minimum Gasteiger partial charge on any atom is -0.480 e. The zero-order valence-electron chi connectivity index (χ0n) is 9.28. The molecule has 0 bridgehead atoms. The third-order valence-electron chi connectivity index (χ3n) is 2.42. The second kappa shape index (κ2) is 7.48. The molecule has 4 N–H and O–H groups in total. The summed E-state index contributed by atoms with van der Waals surface area (Å²) in [6.45, 7) is 1.84. The van der Waals surface area contributed by atoms with Gasteiger partial charge < -0.3 is 15.9 Å². The van der Waals surface area contributed by atoms with Gasteiger partial charge in [-0.25, -0.2) is 0 Å². The number of unbranched alkanes of at least 4 members (excludes halogenated alkanes) is 1. The summed E-state index contributed by atoms with van der Waals surface area (Å²) in [5.74, 6) is -0.954. The lowest BCUT2D eigenvalue weighted by Crippen LogP contribution is -2.47. The van der Waals surface area contributed by atoms with Crippen LogP contribution in [0.25, 0.3) is 0 Å². The minimum atomic E-state index is -1.15. The van der Waals surface area contributed by atoms with Crippen molar-refractivity contribution in [3.05, 3.63) is 12.2 Å². The van der Waals surface area contributed by atoms with Crippen molar-refractivity contribution in [3.8, 4) is 0 Å². The number of hydrogen-bond acceptors (Lipinski definition) is 3. The Morgan fingerprint density at radius 3 is 2.67 bits per heavy atom. The number of allylic oxidation sites excluding steroid dienone is 1. The molecule has 0 aromatic heterocycles. The summed E-state index contributed by atoms with van der Waals surface area (Å²) in [4.78, 5) is 11.0. The normalized spacial score (nSPS) is 15.1. The standard InChI is InChI=1S/C10H20BNO3/c1-2-3-6-10(12,9(13)14)7-4-5-8-11-15/h2-3,11,15H,4-8,12H2,1H3,(H,13,14)/b3-2+. The number of carboxylic acid groups (broad SMARTS) is 1. The van der Waals surface area contributed by atoms with Crippen molar-refractivity contribution in [2.45, 2.75) is 44.5 Å². The topological polar surface area (TPSA) is 83.5 Å². The summed E-state index contributed by atoms with van der Waals surface area (Å²) in [6.07, 6.45) is 6.65. The zero-order valence-corrected chi connectivity index (χ0v) is 9.28. The van der Waals surface area contributed by atoms with E-state index in [4.69, 9.17) is 15.9 Å². The predicted octanol–water partition coefficient (Wildman–Crippen LogP) is 0.667. The first-order valence-electron chi connectivity index (χ1n) is 5.31. The van der Waals surface area contributed by atoms with Crippen LogP contribution in [0.5, 0.6) is 0 Å². The monoisotopic (exact) mass is 213 g/mol. The molecule has 0 spiro atoms. The highest BCUT2D eigenvalue weighted by Crippen LogP contribution is 2.17. The smallest absolute Gasteiger partial charge is 0.323 e. The summed E-state index contributed by atoms with van der Waals surface area (Å²) in [5.41, 5.74) is 4.65. The summed E-state index contributed by atoms with van der Waals surface area (Å²) in [5, 5.41) is 17.6. The SMILES string of the molecule is C/C=C/CC(N)(CCCCBO)C(=O)O. The molecule has 0 fully saturated rings. The third kappa shape index (κ3) is 5.59. The second-order valence-electron chi connectivity index (χ2n) is 3.77. The first-order valence-corrected chi connectivity index (χ1v) is 5.31. The van der Waals surface area contributed by atoms with E-state index in [-0.39, 0.29) is 7.48 Å². The third-order valence-corrected chi connectivity index (χ3v) is 2.42. The van der Waals surface area contributed by atoms with Crippen LogP contribution in [0.4, 0.5) is 0 Å². The van der Waals surface area contributed by atoms with Crippen LogP contribution < -0.4 is 5.73 Å². The largest absolute Gasteiger partial charge is 0.480 e. The molecule has 0 amide bonds. The first-order chi connectivity index (χ1) is 7.06. The van der Waals surface area contributed by atoms with Gasteiger partial charge in [-0.2, -0.15) is 0 Å². The molecule has 0 aliphatic carbocycles. The number of rotatable bonds is 8. The van der Waals surface area contributed by atoms with E-state index in [0.717, 1.165) is 12.8 Å². The molecule has 86 valence electrons. The Kier molecular flexibility index (Phi) is 7.08. The van der Waals surface area contributed by atoms with Crippen LogP contribution in [-0.4, -0.2) is 29.1 Å². The van der Waals surface area contributed by atoms with Gasteiger partial charge in [-0.15, -0.1) is 0 Å². The molecule has 5 heteroatoms. The maximum Gasteiger partial charge on any atom is 0.323 e. The molecule has 0 aliphatic rings. The number of hydrogen-bond donors (Lipinski definition) is 3. The van der Waals surface area contributed by atoms with Crippen LogP contribution >= 0.6 is 0 Å². The van der Waals surface area contributed by atoms with Gasteiger partial charge in [-0.05, 0) is 19.8 Å². The highest BCUT2D eigenvalue weighted by atomic mass is 16.4. The van der Waals surface area contributed by atoms with Gasteiger partial charge in [0.05, 0.1) is 0 Å². The Balaban J connectivity index is 4.07. The van der Waals surface area contributed by atoms with Crippen molar-refractivity contribution in [1.29, 1.82) is 0 Å². The molecule has 0 rings (SSSR count). The van der Waals surface area contributed by atoms with Crippen molar-refractivity contribution in [1.82, 2.24) is 0 Å². The first kappa shape index (κ1) is 14.2. The number of aliphatic carboxylic acids is 1. The minimum absolute atomic E-state index is 0.152. The summed E-state index contributed by atoms with van der Waals surface area (Å²) < 4.78 is 0. The Morgan fingerprint density at radius 1 is 1.53 bits per heavy atom. The second-order valence-corrected chi connectivity index (χ2v) is 3.77. The molecule has 4 nitrogen and oxygen atoms in total. The molecular weight excluding hydrogens is 193 g/mol. The van der Waals surface area contributed by atoms with Crippen LogP contribution in [0.3, 0.4) is 0 Å². The van der Waals surface area contributed by atoms with Gasteiger partial charge in [0.2, 0.25) is 0 Å². The van der Waals surface area contributed by atoms with E-state index in [2.05, 4.69) is 0 Å². The van der Waals surface area contributed by atoms with Crippen LogP contribution in [0.2, 0.25) is 6.32 Å². The molecule has 0 aromatic carbocycles. The van der Waals surface area contributed by atoms with Gasteiger partial charge >= 0.3 is 5.97 Å². The number of carbonyl (C=O) groups is 1. The Bertz CT molecular complexity index is 221. The molecule has 0 saturated carbocycles. The lowest BCUT2D eigenvalue weighted by atomic mass is 9.86. The molecule has 1 atom stereocenters. The van der Waals surface area contributed by atoms with E-state index < -0.39 is 11.5 Å². The molecule has 15 heavy (non-hydrogen) atoms. The molecular formula is C10H20BNO3. The van der Waals surface area contributed by atoms with Crippen LogP contribution in [0, 0.1) is 0 Å². The van der Waals surface area contributed by atoms with Crippen molar-refractivity contribution in [3.63, 3.8) is 0 Å². The fourth-order valence-electron chi connectivity index (χ4n) is 1.35. The van der Waals surface area contributed by atoms with Crippen molar-refractivity contribution in [2.75, 3.05) is 0 Å². The molecule has 1 unspecified atom stereocenters. The maximum atomic E-state index is 11.0.